The Morgan fingerprint density at radius 3 is 2.61 bits per heavy atom. The zero-order chi connectivity index (χ0) is 13.4. The first kappa shape index (κ1) is 15.4. The standard InChI is InChI=1S/C14H23ClN2O/c1-17(9-5-2-6-10-18)14(11-16)12-7-3-4-8-13(12)15/h3-4,7-8,14,18H,2,5-6,9-11,16H2,1H3. The summed E-state index contributed by atoms with van der Waals surface area (Å²) in [5.74, 6) is 0. The zero-order valence-electron chi connectivity index (χ0n) is 11.0. The lowest BCUT2D eigenvalue weighted by atomic mass is 10.1. The van der Waals surface area contributed by atoms with Gasteiger partial charge in [-0.25, -0.2) is 0 Å². The van der Waals surface area contributed by atoms with E-state index < -0.39 is 0 Å². The number of halogens is 1. The van der Waals surface area contributed by atoms with Crippen LogP contribution in [0.5, 0.6) is 0 Å². The minimum absolute atomic E-state index is 0.160. The molecule has 0 radical (unpaired) electrons. The van der Waals surface area contributed by atoms with Gasteiger partial charge < -0.3 is 10.8 Å². The molecule has 0 spiro atoms. The number of rotatable bonds is 8. The number of nitrogens with zero attached hydrogens (tertiary/aromatic N) is 1. The van der Waals surface area contributed by atoms with Gasteiger partial charge >= 0.3 is 0 Å². The first-order valence-corrected chi connectivity index (χ1v) is 6.84. The lowest BCUT2D eigenvalue weighted by molar-refractivity contribution is 0.236. The van der Waals surface area contributed by atoms with Gasteiger partial charge in [-0.05, 0) is 44.5 Å². The van der Waals surface area contributed by atoms with Crippen molar-refractivity contribution in [1.29, 1.82) is 0 Å². The van der Waals surface area contributed by atoms with E-state index in [2.05, 4.69) is 11.9 Å². The minimum Gasteiger partial charge on any atom is -0.396 e. The van der Waals surface area contributed by atoms with E-state index in [0.29, 0.717) is 6.54 Å². The number of hydrogen-bond acceptors (Lipinski definition) is 3. The molecule has 1 atom stereocenters. The van der Waals surface area contributed by atoms with E-state index >= 15 is 0 Å². The Morgan fingerprint density at radius 2 is 2.00 bits per heavy atom. The van der Waals surface area contributed by atoms with Gasteiger partial charge in [-0.2, -0.15) is 0 Å². The molecule has 1 unspecified atom stereocenters. The first-order chi connectivity index (χ1) is 8.70. The molecule has 18 heavy (non-hydrogen) atoms. The largest absolute Gasteiger partial charge is 0.396 e. The molecule has 0 fully saturated rings. The van der Waals surface area contributed by atoms with Gasteiger partial charge in [-0.3, -0.25) is 4.90 Å². The fourth-order valence-electron chi connectivity index (χ4n) is 2.10. The molecule has 0 aromatic heterocycles. The van der Waals surface area contributed by atoms with Crippen LogP contribution in [0.4, 0.5) is 0 Å². The Kier molecular flexibility index (Phi) is 7.28. The van der Waals surface area contributed by atoms with Gasteiger partial charge in [0.25, 0.3) is 0 Å². The molecule has 4 heteroatoms. The van der Waals surface area contributed by atoms with Gasteiger partial charge in [-0.1, -0.05) is 29.8 Å². The van der Waals surface area contributed by atoms with E-state index in [9.17, 15) is 0 Å². The molecule has 1 rings (SSSR count). The molecule has 102 valence electrons. The summed E-state index contributed by atoms with van der Waals surface area (Å²) in [4.78, 5) is 2.23. The van der Waals surface area contributed by atoms with Crippen LogP contribution in [-0.2, 0) is 0 Å². The van der Waals surface area contributed by atoms with Gasteiger partial charge in [0.2, 0.25) is 0 Å². The highest BCUT2D eigenvalue weighted by atomic mass is 35.5. The predicted molar refractivity (Wildman–Crippen MR) is 76.8 cm³/mol. The van der Waals surface area contributed by atoms with Crippen molar-refractivity contribution in [3.63, 3.8) is 0 Å². The Bertz CT molecular complexity index is 346. The third kappa shape index (κ3) is 4.58. The molecule has 0 amide bonds. The zero-order valence-corrected chi connectivity index (χ0v) is 11.7. The Hall–Kier alpha value is -0.610. The molecule has 1 aromatic carbocycles. The number of nitrogens with two attached hydrogens (primary N) is 1. The second-order valence-corrected chi connectivity index (χ2v) is 4.95. The number of benzene rings is 1. The molecule has 0 saturated carbocycles. The maximum atomic E-state index is 8.75. The van der Waals surface area contributed by atoms with Crippen molar-refractivity contribution in [2.45, 2.75) is 25.3 Å². The van der Waals surface area contributed by atoms with Crippen LogP contribution in [0.25, 0.3) is 0 Å². The van der Waals surface area contributed by atoms with E-state index in [1.165, 1.54) is 0 Å². The van der Waals surface area contributed by atoms with Gasteiger partial charge in [0.15, 0.2) is 0 Å². The average Bonchev–Trinajstić information content (AvgIpc) is 2.38. The fourth-order valence-corrected chi connectivity index (χ4v) is 2.36. The van der Waals surface area contributed by atoms with E-state index in [-0.39, 0.29) is 12.6 Å². The second-order valence-electron chi connectivity index (χ2n) is 4.54. The molecule has 3 nitrogen and oxygen atoms in total. The van der Waals surface area contributed by atoms with Crippen molar-refractivity contribution in [2.75, 3.05) is 26.7 Å². The van der Waals surface area contributed by atoms with Crippen molar-refractivity contribution in [3.05, 3.63) is 34.9 Å². The van der Waals surface area contributed by atoms with Crippen LogP contribution in [0.1, 0.15) is 30.9 Å². The van der Waals surface area contributed by atoms with Crippen molar-refractivity contribution < 1.29 is 5.11 Å². The van der Waals surface area contributed by atoms with Crippen LogP contribution < -0.4 is 5.73 Å². The van der Waals surface area contributed by atoms with Crippen molar-refractivity contribution >= 4 is 11.6 Å². The number of likely N-dealkylation sites (N-methyl/N-ethyl adjacent to an activating group) is 1. The summed E-state index contributed by atoms with van der Waals surface area (Å²) in [6, 6.07) is 8.01. The third-order valence-corrected chi connectivity index (χ3v) is 3.53. The van der Waals surface area contributed by atoms with E-state index in [4.69, 9.17) is 22.4 Å². The quantitative estimate of drug-likeness (QED) is 0.714. The SMILES string of the molecule is CN(CCCCCO)C(CN)c1ccccc1Cl. The van der Waals surface area contributed by atoms with Crippen molar-refractivity contribution in [2.24, 2.45) is 5.73 Å². The highest BCUT2D eigenvalue weighted by Gasteiger charge is 2.17. The molecule has 0 aliphatic carbocycles. The van der Waals surface area contributed by atoms with E-state index in [1.54, 1.807) is 0 Å². The second kappa shape index (κ2) is 8.48. The van der Waals surface area contributed by atoms with Crippen LogP contribution >= 0.6 is 11.6 Å². The van der Waals surface area contributed by atoms with Crippen LogP contribution in [0.3, 0.4) is 0 Å². The molecule has 0 bridgehead atoms. The smallest absolute Gasteiger partial charge is 0.0482 e. The maximum Gasteiger partial charge on any atom is 0.0482 e. The van der Waals surface area contributed by atoms with Gasteiger partial charge in [-0.15, -0.1) is 0 Å². The van der Waals surface area contributed by atoms with E-state index in [0.717, 1.165) is 36.4 Å². The Balaban J connectivity index is 2.57. The molecule has 0 heterocycles. The predicted octanol–water partition coefficient (Wildman–Crippen LogP) is 2.43. The molecule has 3 N–H and O–H groups in total. The molecular formula is C14H23ClN2O. The number of hydrogen-bond donors (Lipinski definition) is 2. The normalized spacial score (nSPS) is 12.9. The third-order valence-electron chi connectivity index (χ3n) is 3.19. The minimum atomic E-state index is 0.160. The summed E-state index contributed by atoms with van der Waals surface area (Å²) in [7, 11) is 2.07. The summed E-state index contributed by atoms with van der Waals surface area (Å²) in [6.07, 6.45) is 2.98. The Morgan fingerprint density at radius 1 is 1.28 bits per heavy atom. The van der Waals surface area contributed by atoms with Crippen LogP contribution in [0.2, 0.25) is 5.02 Å². The molecule has 0 saturated heterocycles. The Labute approximate surface area is 115 Å². The van der Waals surface area contributed by atoms with Crippen LogP contribution in [-0.4, -0.2) is 36.8 Å². The summed E-state index contributed by atoms with van der Waals surface area (Å²) in [6.45, 7) is 1.79. The average molecular weight is 271 g/mol. The molecule has 1 aromatic rings. The van der Waals surface area contributed by atoms with Gasteiger partial charge in [0.1, 0.15) is 0 Å². The van der Waals surface area contributed by atoms with Crippen LogP contribution in [0, 0.1) is 0 Å². The number of aliphatic hydroxyl groups excluding tert-OH is 1. The topological polar surface area (TPSA) is 49.5 Å². The summed E-state index contributed by atoms with van der Waals surface area (Å²) >= 11 is 6.21. The lowest BCUT2D eigenvalue weighted by Crippen LogP contribution is -2.31. The molecular weight excluding hydrogens is 248 g/mol. The van der Waals surface area contributed by atoms with Gasteiger partial charge in [0, 0.05) is 24.2 Å². The summed E-state index contributed by atoms with van der Waals surface area (Å²) in [5, 5.41) is 9.52. The fraction of sp³-hybridized carbons (Fsp3) is 0.571. The van der Waals surface area contributed by atoms with Crippen molar-refractivity contribution in [3.8, 4) is 0 Å². The molecule has 0 aliphatic heterocycles. The van der Waals surface area contributed by atoms with Crippen LogP contribution in [0.15, 0.2) is 24.3 Å². The summed E-state index contributed by atoms with van der Waals surface area (Å²) < 4.78 is 0. The lowest BCUT2D eigenvalue weighted by Gasteiger charge is -2.28. The highest BCUT2D eigenvalue weighted by molar-refractivity contribution is 6.31. The van der Waals surface area contributed by atoms with Crippen molar-refractivity contribution in [1.82, 2.24) is 4.90 Å². The molecule has 0 aliphatic rings. The first-order valence-electron chi connectivity index (χ1n) is 6.46. The monoisotopic (exact) mass is 270 g/mol. The van der Waals surface area contributed by atoms with E-state index in [1.807, 2.05) is 24.3 Å². The maximum absolute atomic E-state index is 8.75. The number of unbranched alkanes of at least 4 members (excludes halogenated alkanes) is 2. The highest BCUT2D eigenvalue weighted by Crippen LogP contribution is 2.26. The van der Waals surface area contributed by atoms with Gasteiger partial charge in [0.05, 0.1) is 0 Å². The summed E-state index contributed by atoms with van der Waals surface area (Å²) in [5.41, 5.74) is 6.95. The number of aliphatic hydroxyl groups is 1.